The number of carbonyl (C=O) groups is 2. The molecule has 1 atom stereocenters. The second kappa shape index (κ2) is 6.65. The number of nitrogens with one attached hydrogen (secondary N) is 2. The monoisotopic (exact) mass is 286 g/mol. The van der Waals surface area contributed by atoms with Crippen molar-refractivity contribution in [3.8, 4) is 0 Å². The van der Waals surface area contributed by atoms with Gasteiger partial charge < -0.3 is 10.6 Å². The lowest BCUT2D eigenvalue weighted by atomic mass is 10.1. The molecule has 2 N–H and O–H groups in total. The lowest BCUT2D eigenvalue weighted by molar-refractivity contribution is -0.136. The van der Waals surface area contributed by atoms with Gasteiger partial charge in [-0.05, 0) is 24.6 Å². The van der Waals surface area contributed by atoms with E-state index in [4.69, 9.17) is 0 Å². The number of hydrogen-bond acceptors (Lipinski definition) is 2. The number of amides is 2. The van der Waals surface area contributed by atoms with Crippen molar-refractivity contribution in [3.05, 3.63) is 66.0 Å². The standard InChI is InChI=1S/C16H15FN2O2/c1-11(12-7-3-2-4-8-12)18-15(20)16(21)19-14-10-6-5-9-13(14)17/h2-11H,1H3,(H,18,20)(H,19,21)/t11-/m0/s1. The molecule has 108 valence electrons. The topological polar surface area (TPSA) is 58.2 Å². The minimum atomic E-state index is -0.900. The van der Waals surface area contributed by atoms with Crippen LogP contribution in [0.15, 0.2) is 54.6 Å². The Kier molecular flexibility index (Phi) is 4.66. The van der Waals surface area contributed by atoms with Gasteiger partial charge in [0.1, 0.15) is 5.82 Å². The van der Waals surface area contributed by atoms with E-state index in [2.05, 4.69) is 10.6 Å². The lowest BCUT2D eigenvalue weighted by Crippen LogP contribution is -2.37. The number of benzene rings is 2. The van der Waals surface area contributed by atoms with Crippen LogP contribution >= 0.6 is 0 Å². The maximum absolute atomic E-state index is 13.4. The van der Waals surface area contributed by atoms with Crippen molar-refractivity contribution < 1.29 is 14.0 Å². The van der Waals surface area contributed by atoms with Crippen LogP contribution in [0.3, 0.4) is 0 Å². The molecular formula is C16H15FN2O2. The van der Waals surface area contributed by atoms with Gasteiger partial charge in [-0.3, -0.25) is 9.59 Å². The average Bonchev–Trinajstić information content (AvgIpc) is 2.50. The van der Waals surface area contributed by atoms with Crippen LogP contribution in [0.25, 0.3) is 0 Å². The number of anilines is 1. The Hall–Kier alpha value is -2.69. The van der Waals surface area contributed by atoms with Gasteiger partial charge in [-0.25, -0.2) is 4.39 Å². The summed E-state index contributed by atoms with van der Waals surface area (Å²) in [5.74, 6) is -2.30. The number of rotatable bonds is 3. The molecular weight excluding hydrogens is 271 g/mol. The van der Waals surface area contributed by atoms with Crippen LogP contribution in [0.1, 0.15) is 18.5 Å². The highest BCUT2D eigenvalue weighted by Crippen LogP contribution is 2.13. The second-order valence-corrected chi connectivity index (χ2v) is 4.54. The second-order valence-electron chi connectivity index (χ2n) is 4.54. The SMILES string of the molecule is C[C@H](NC(=O)C(=O)Nc1ccccc1F)c1ccccc1. The summed E-state index contributed by atoms with van der Waals surface area (Å²) < 4.78 is 13.4. The van der Waals surface area contributed by atoms with E-state index in [1.165, 1.54) is 18.2 Å². The van der Waals surface area contributed by atoms with Crippen LogP contribution in [0, 0.1) is 5.82 Å². The van der Waals surface area contributed by atoms with Gasteiger partial charge in [-0.15, -0.1) is 0 Å². The minimum Gasteiger partial charge on any atom is -0.341 e. The number of para-hydroxylation sites is 1. The fourth-order valence-corrected chi connectivity index (χ4v) is 1.83. The van der Waals surface area contributed by atoms with E-state index in [1.54, 1.807) is 13.0 Å². The van der Waals surface area contributed by atoms with Gasteiger partial charge in [0, 0.05) is 0 Å². The van der Waals surface area contributed by atoms with Crippen LogP contribution in [0.4, 0.5) is 10.1 Å². The van der Waals surface area contributed by atoms with E-state index >= 15 is 0 Å². The highest BCUT2D eigenvalue weighted by molar-refractivity contribution is 6.39. The molecule has 0 heterocycles. The third-order valence-corrected chi connectivity index (χ3v) is 2.98. The third-order valence-electron chi connectivity index (χ3n) is 2.98. The van der Waals surface area contributed by atoms with E-state index in [1.807, 2.05) is 30.3 Å². The van der Waals surface area contributed by atoms with E-state index in [-0.39, 0.29) is 11.7 Å². The summed E-state index contributed by atoms with van der Waals surface area (Å²) >= 11 is 0. The molecule has 0 bridgehead atoms. The van der Waals surface area contributed by atoms with Gasteiger partial charge in [0.25, 0.3) is 0 Å². The van der Waals surface area contributed by atoms with Crippen LogP contribution in [0.5, 0.6) is 0 Å². The van der Waals surface area contributed by atoms with Gasteiger partial charge in [-0.2, -0.15) is 0 Å². The van der Waals surface area contributed by atoms with E-state index in [9.17, 15) is 14.0 Å². The van der Waals surface area contributed by atoms with Crippen LogP contribution in [0.2, 0.25) is 0 Å². The first-order valence-corrected chi connectivity index (χ1v) is 6.49. The van der Waals surface area contributed by atoms with Crippen molar-refractivity contribution in [2.75, 3.05) is 5.32 Å². The molecule has 2 aromatic carbocycles. The van der Waals surface area contributed by atoms with Gasteiger partial charge in [-0.1, -0.05) is 42.5 Å². The van der Waals surface area contributed by atoms with Crippen molar-refractivity contribution in [3.63, 3.8) is 0 Å². The summed E-state index contributed by atoms with van der Waals surface area (Å²) in [4.78, 5) is 23.5. The first kappa shape index (κ1) is 14.7. The van der Waals surface area contributed by atoms with Crippen LogP contribution in [-0.4, -0.2) is 11.8 Å². The maximum Gasteiger partial charge on any atom is 0.313 e. The first-order chi connectivity index (χ1) is 10.1. The molecule has 0 aliphatic heterocycles. The molecule has 0 fully saturated rings. The van der Waals surface area contributed by atoms with Crippen LogP contribution in [-0.2, 0) is 9.59 Å². The van der Waals surface area contributed by atoms with Crippen molar-refractivity contribution >= 4 is 17.5 Å². The molecule has 0 spiro atoms. The zero-order valence-corrected chi connectivity index (χ0v) is 11.5. The molecule has 0 radical (unpaired) electrons. The molecule has 4 nitrogen and oxygen atoms in total. The normalized spacial score (nSPS) is 11.5. The van der Waals surface area contributed by atoms with Crippen molar-refractivity contribution in [1.29, 1.82) is 0 Å². The highest BCUT2D eigenvalue weighted by Gasteiger charge is 2.18. The predicted molar refractivity (Wildman–Crippen MR) is 78.0 cm³/mol. The Morgan fingerprint density at radius 1 is 0.952 bits per heavy atom. The summed E-state index contributed by atoms with van der Waals surface area (Å²) in [7, 11) is 0. The molecule has 5 heteroatoms. The Balaban J connectivity index is 1.97. The Bertz CT molecular complexity index is 644. The van der Waals surface area contributed by atoms with Gasteiger partial charge in [0.05, 0.1) is 11.7 Å². The number of halogens is 1. The van der Waals surface area contributed by atoms with Crippen molar-refractivity contribution in [2.45, 2.75) is 13.0 Å². The smallest absolute Gasteiger partial charge is 0.313 e. The molecule has 0 saturated carbocycles. The molecule has 0 aliphatic rings. The first-order valence-electron chi connectivity index (χ1n) is 6.49. The Morgan fingerprint density at radius 2 is 1.57 bits per heavy atom. The maximum atomic E-state index is 13.4. The van der Waals surface area contributed by atoms with Gasteiger partial charge in [0.15, 0.2) is 0 Å². The molecule has 0 aliphatic carbocycles. The fourth-order valence-electron chi connectivity index (χ4n) is 1.83. The largest absolute Gasteiger partial charge is 0.341 e. The van der Waals surface area contributed by atoms with Gasteiger partial charge >= 0.3 is 11.8 Å². The van der Waals surface area contributed by atoms with E-state index in [0.29, 0.717) is 0 Å². The summed E-state index contributed by atoms with van der Waals surface area (Å²) in [5.41, 5.74) is 0.856. The quantitative estimate of drug-likeness (QED) is 0.852. The molecule has 2 amide bonds. The molecule has 2 aromatic rings. The van der Waals surface area contributed by atoms with E-state index < -0.39 is 17.6 Å². The molecule has 0 aromatic heterocycles. The van der Waals surface area contributed by atoms with Crippen molar-refractivity contribution in [1.82, 2.24) is 5.32 Å². The lowest BCUT2D eigenvalue weighted by Gasteiger charge is -2.14. The zero-order chi connectivity index (χ0) is 15.2. The summed E-state index contributed by atoms with van der Waals surface area (Å²) in [6.45, 7) is 1.77. The molecule has 0 saturated heterocycles. The fraction of sp³-hybridized carbons (Fsp3) is 0.125. The molecule has 2 rings (SSSR count). The predicted octanol–water partition coefficient (Wildman–Crippen LogP) is 2.64. The number of carbonyl (C=O) groups excluding carboxylic acids is 2. The summed E-state index contributed by atoms with van der Waals surface area (Å²) in [5, 5.41) is 4.80. The average molecular weight is 286 g/mol. The number of hydrogen-bond donors (Lipinski definition) is 2. The third kappa shape index (κ3) is 3.89. The van der Waals surface area contributed by atoms with Gasteiger partial charge in [0.2, 0.25) is 0 Å². The Labute approximate surface area is 122 Å². The minimum absolute atomic E-state index is 0.0231. The summed E-state index contributed by atoms with van der Waals surface area (Å²) in [6.07, 6.45) is 0. The molecule has 0 unspecified atom stereocenters. The Morgan fingerprint density at radius 3 is 2.24 bits per heavy atom. The zero-order valence-electron chi connectivity index (χ0n) is 11.5. The summed E-state index contributed by atoms with van der Waals surface area (Å²) in [6, 6.07) is 14.6. The van der Waals surface area contributed by atoms with E-state index in [0.717, 1.165) is 5.56 Å². The van der Waals surface area contributed by atoms with Crippen molar-refractivity contribution in [2.24, 2.45) is 0 Å². The molecule has 21 heavy (non-hydrogen) atoms. The van der Waals surface area contributed by atoms with Crippen LogP contribution < -0.4 is 10.6 Å². The highest BCUT2D eigenvalue weighted by atomic mass is 19.1.